The highest BCUT2D eigenvalue weighted by molar-refractivity contribution is 5.96. The Morgan fingerprint density at radius 3 is 2.69 bits per heavy atom. The molecule has 2 aromatic heterocycles. The molecule has 0 spiro atoms. The van der Waals surface area contributed by atoms with Crippen molar-refractivity contribution in [1.29, 1.82) is 0 Å². The number of ether oxygens (including phenoxy) is 1. The maximum atomic E-state index is 13.1. The second-order valence-corrected chi connectivity index (χ2v) is 8.11. The first-order valence-electron chi connectivity index (χ1n) is 11.5. The van der Waals surface area contributed by atoms with Crippen LogP contribution in [-0.4, -0.2) is 38.4 Å². The van der Waals surface area contributed by atoms with Crippen molar-refractivity contribution < 1.29 is 9.53 Å². The Balaban J connectivity index is 1.31. The van der Waals surface area contributed by atoms with Gasteiger partial charge in [-0.15, -0.1) is 0 Å². The first kappa shape index (κ1) is 22.3. The molecule has 2 heterocycles. The topological polar surface area (TPSA) is 91.0 Å². The van der Waals surface area contributed by atoms with Gasteiger partial charge in [-0.05, 0) is 35.4 Å². The van der Waals surface area contributed by atoms with E-state index in [4.69, 9.17) is 4.74 Å². The minimum Gasteiger partial charge on any atom is -0.493 e. The zero-order valence-electron chi connectivity index (χ0n) is 19.3. The van der Waals surface area contributed by atoms with Crippen molar-refractivity contribution in [2.45, 2.75) is 20.0 Å². The van der Waals surface area contributed by atoms with E-state index in [1.165, 1.54) is 6.20 Å². The molecule has 0 unspecified atom stereocenters. The van der Waals surface area contributed by atoms with Gasteiger partial charge in [-0.1, -0.05) is 54.6 Å². The van der Waals surface area contributed by atoms with Gasteiger partial charge in [0.2, 0.25) is 0 Å². The largest absolute Gasteiger partial charge is 0.493 e. The van der Waals surface area contributed by atoms with Crippen LogP contribution in [0.4, 0.5) is 0 Å². The number of hydrogen-bond acceptors (Lipinski definition) is 5. The van der Waals surface area contributed by atoms with Crippen molar-refractivity contribution in [2.75, 3.05) is 13.2 Å². The molecule has 8 heteroatoms. The van der Waals surface area contributed by atoms with Crippen molar-refractivity contribution in [3.63, 3.8) is 0 Å². The molecule has 35 heavy (non-hydrogen) atoms. The molecule has 0 saturated heterocycles. The van der Waals surface area contributed by atoms with Gasteiger partial charge in [-0.3, -0.25) is 14.2 Å². The summed E-state index contributed by atoms with van der Waals surface area (Å²) >= 11 is 0. The number of aromatic nitrogens is 4. The standard InChI is InChI=1S/C27H25N5O3/c1-2-35-24-13-6-5-12-22(24)26(33)28-14-15-32-25-23(16-30-32)27(34)31(18-29-25)17-20-10-7-9-19-8-3-4-11-21(19)20/h3-13,16,18H,2,14-15,17H2,1H3,(H,28,33). The second-order valence-electron chi connectivity index (χ2n) is 8.11. The smallest absolute Gasteiger partial charge is 0.264 e. The van der Waals surface area contributed by atoms with E-state index in [-0.39, 0.29) is 11.5 Å². The third-order valence-corrected chi connectivity index (χ3v) is 5.88. The summed E-state index contributed by atoms with van der Waals surface area (Å²) in [5.74, 6) is 0.321. The maximum absolute atomic E-state index is 13.1. The maximum Gasteiger partial charge on any atom is 0.264 e. The molecule has 8 nitrogen and oxygen atoms in total. The fourth-order valence-electron chi connectivity index (χ4n) is 4.19. The summed E-state index contributed by atoms with van der Waals surface area (Å²) in [6.07, 6.45) is 3.10. The molecule has 1 N–H and O–H groups in total. The molecule has 0 fully saturated rings. The quantitative estimate of drug-likeness (QED) is 0.376. The van der Waals surface area contributed by atoms with Gasteiger partial charge in [-0.2, -0.15) is 5.10 Å². The Morgan fingerprint density at radius 1 is 1.00 bits per heavy atom. The lowest BCUT2D eigenvalue weighted by Crippen LogP contribution is -2.28. The highest BCUT2D eigenvalue weighted by Gasteiger charge is 2.14. The summed E-state index contributed by atoms with van der Waals surface area (Å²) in [6.45, 7) is 3.49. The lowest BCUT2D eigenvalue weighted by molar-refractivity contribution is 0.0948. The first-order chi connectivity index (χ1) is 17.2. The fraction of sp³-hybridized carbons (Fsp3) is 0.185. The summed E-state index contributed by atoms with van der Waals surface area (Å²) < 4.78 is 8.77. The van der Waals surface area contributed by atoms with E-state index in [1.807, 2.05) is 37.3 Å². The summed E-state index contributed by atoms with van der Waals surface area (Å²) in [4.78, 5) is 30.2. The molecule has 0 saturated carbocycles. The van der Waals surface area contributed by atoms with E-state index in [0.29, 0.717) is 48.6 Å². The lowest BCUT2D eigenvalue weighted by atomic mass is 10.0. The van der Waals surface area contributed by atoms with Crippen molar-refractivity contribution >= 4 is 27.7 Å². The number of rotatable bonds is 8. The third-order valence-electron chi connectivity index (χ3n) is 5.88. The lowest BCUT2D eigenvalue weighted by Gasteiger charge is -2.11. The predicted octanol–water partition coefficient (Wildman–Crippen LogP) is 3.62. The summed E-state index contributed by atoms with van der Waals surface area (Å²) in [5.41, 5.74) is 1.87. The average molecular weight is 468 g/mol. The molecule has 0 aliphatic carbocycles. The highest BCUT2D eigenvalue weighted by atomic mass is 16.5. The molecule has 0 radical (unpaired) electrons. The Morgan fingerprint density at radius 2 is 1.80 bits per heavy atom. The molecule has 0 aliphatic heterocycles. The second kappa shape index (κ2) is 9.80. The van der Waals surface area contributed by atoms with Crippen LogP contribution in [0.1, 0.15) is 22.8 Å². The molecule has 0 bridgehead atoms. The Bertz CT molecular complexity index is 1570. The van der Waals surface area contributed by atoms with Crippen LogP contribution in [0.25, 0.3) is 21.8 Å². The van der Waals surface area contributed by atoms with Crippen LogP contribution in [0, 0.1) is 0 Å². The Hall–Kier alpha value is -4.46. The molecular formula is C27H25N5O3. The molecule has 0 atom stereocenters. The van der Waals surface area contributed by atoms with Crippen LogP contribution in [0.15, 0.2) is 84.0 Å². The van der Waals surface area contributed by atoms with Gasteiger partial charge in [0.25, 0.3) is 11.5 Å². The van der Waals surface area contributed by atoms with Crippen LogP contribution in [0.3, 0.4) is 0 Å². The van der Waals surface area contributed by atoms with Gasteiger partial charge in [0, 0.05) is 6.54 Å². The average Bonchev–Trinajstić information content (AvgIpc) is 3.30. The SMILES string of the molecule is CCOc1ccccc1C(=O)NCCn1ncc2c(=O)n(Cc3cccc4ccccc34)cnc21. The van der Waals surface area contributed by atoms with E-state index < -0.39 is 0 Å². The summed E-state index contributed by atoms with van der Waals surface area (Å²) in [6, 6.07) is 21.3. The van der Waals surface area contributed by atoms with Gasteiger partial charge >= 0.3 is 0 Å². The zero-order chi connectivity index (χ0) is 24.2. The highest BCUT2D eigenvalue weighted by Crippen LogP contribution is 2.20. The number of carbonyl (C=O) groups is 1. The van der Waals surface area contributed by atoms with Crippen molar-refractivity contribution in [2.24, 2.45) is 0 Å². The molecule has 0 aliphatic rings. The van der Waals surface area contributed by atoms with Crippen LogP contribution in [0.5, 0.6) is 5.75 Å². The normalized spacial score (nSPS) is 11.1. The van der Waals surface area contributed by atoms with Crippen molar-refractivity contribution in [3.05, 3.63) is 101 Å². The number of fused-ring (bicyclic) bond motifs is 2. The monoisotopic (exact) mass is 467 g/mol. The summed E-state index contributed by atoms with van der Waals surface area (Å²) in [5, 5.41) is 9.91. The van der Waals surface area contributed by atoms with Crippen LogP contribution >= 0.6 is 0 Å². The Labute approximate surface area is 201 Å². The van der Waals surface area contributed by atoms with Crippen LogP contribution in [0.2, 0.25) is 0 Å². The van der Waals surface area contributed by atoms with Crippen LogP contribution in [-0.2, 0) is 13.1 Å². The fourth-order valence-corrected chi connectivity index (χ4v) is 4.19. The molecule has 1 amide bonds. The molecule has 176 valence electrons. The number of benzene rings is 3. The van der Waals surface area contributed by atoms with E-state index >= 15 is 0 Å². The number of carbonyl (C=O) groups excluding carboxylic acids is 1. The van der Waals surface area contributed by atoms with Gasteiger partial charge in [-0.25, -0.2) is 9.67 Å². The molecule has 3 aromatic carbocycles. The Kier molecular flexibility index (Phi) is 6.26. The number of amides is 1. The first-order valence-corrected chi connectivity index (χ1v) is 11.5. The van der Waals surface area contributed by atoms with Crippen molar-refractivity contribution in [1.82, 2.24) is 24.6 Å². The predicted molar refractivity (Wildman–Crippen MR) is 135 cm³/mol. The third kappa shape index (κ3) is 4.50. The molecule has 5 rings (SSSR count). The van der Waals surface area contributed by atoms with E-state index in [1.54, 1.807) is 33.8 Å². The zero-order valence-corrected chi connectivity index (χ0v) is 19.3. The number of nitrogens with one attached hydrogen (secondary N) is 1. The van der Waals surface area contributed by atoms with E-state index in [0.717, 1.165) is 16.3 Å². The van der Waals surface area contributed by atoms with E-state index in [9.17, 15) is 9.59 Å². The van der Waals surface area contributed by atoms with Gasteiger partial charge in [0.1, 0.15) is 17.5 Å². The van der Waals surface area contributed by atoms with Gasteiger partial charge in [0.05, 0.1) is 31.5 Å². The van der Waals surface area contributed by atoms with Crippen molar-refractivity contribution in [3.8, 4) is 5.75 Å². The van der Waals surface area contributed by atoms with Gasteiger partial charge < -0.3 is 10.1 Å². The number of hydrogen-bond donors (Lipinski definition) is 1. The number of para-hydroxylation sites is 1. The minimum atomic E-state index is -0.226. The molecule has 5 aromatic rings. The van der Waals surface area contributed by atoms with E-state index in [2.05, 4.69) is 33.6 Å². The minimum absolute atomic E-state index is 0.149. The van der Waals surface area contributed by atoms with Gasteiger partial charge in [0.15, 0.2) is 5.65 Å². The van der Waals surface area contributed by atoms with Crippen LogP contribution < -0.4 is 15.6 Å². The molecular weight excluding hydrogens is 442 g/mol. The number of nitrogens with zero attached hydrogens (tertiary/aromatic N) is 4. The summed E-state index contributed by atoms with van der Waals surface area (Å²) in [7, 11) is 0.